The highest BCUT2D eigenvalue weighted by Gasteiger charge is 2.24. The van der Waals surface area contributed by atoms with Crippen LogP contribution in [0.2, 0.25) is 0 Å². The Hall–Kier alpha value is -2.44. The quantitative estimate of drug-likeness (QED) is 0.772. The van der Waals surface area contributed by atoms with Crippen LogP contribution in [-0.4, -0.2) is 62.6 Å². The zero-order valence-electron chi connectivity index (χ0n) is 13.0. The minimum absolute atomic E-state index is 0.0409. The van der Waals surface area contributed by atoms with Crippen molar-refractivity contribution in [2.24, 2.45) is 7.05 Å². The van der Waals surface area contributed by atoms with Crippen LogP contribution in [0, 0.1) is 6.92 Å². The summed E-state index contributed by atoms with van der Waals surface area (Å²) in [6, 6.07) is 1.85. The fourth-order valence-electron chi connectivity index (χ4n) is 2.83. The van der Waals surface area contributed by atoms with E-state index in [2.05, 4.69) is 10.1 Å². The van der Waals surface area contributed by atoms with E-state index in [0.717, 1.165) is 16.7 Å². The Morgan fingerprint density at radius 3 is 2.41 bits per heavy atom. The molecule has 0 saturated carbocycles. The molecule has 22 heavy (non-hydrogen) atoms. The van der Waals surface area contributed by atoms with Crippen LogP contribution in [0.5, 0.6) is 0 Å². The van der Waals surface area contributed by atoms with Gasteiger partial charge in [-0.3, -0.25) is 14.3 Å². The number of carbonyl (C=O) groups excluding carboxylic acids is 2. The highest BCUT2D eigenvalue weighted by atomic mass is 16.2. The van der Waals surface area contributed by atoms with Crippen LogP contribution in [0.15, 0.2) is 12.3 Å². The molecule has 1 aliphatic rings. The largest absolute Gasteiger partial charge is 0.339 e. The first kappa shape index (κ1) is 14.5. The maximum atomic E-state index is 12.6. The maximum absolute atomic E-state index is 12.6. The molecule has 0 aliphatic carbocycles. The summed E-state index contributed by atoms with van der Waals surface area (Å²) in [7, 11) is 1.84. The lowest BCUT2D eigenvalue weighted by Crippen LogP contribution is -2.50. The van der Waals surface area contributed by atoms with Gasteiger partial charge in [-0.1, -0.05) is 0 Å². The van der Waals surface area contributed by atoms with Crippen molar-refractivity contribution in [3.8, 4) is 0 Å². The number of hydrogen-bond donors (Lipinski definition) is 0. The fourth-order valence-corrected chi connectivity index (χ4v) is 2.83. The molecule has 0 spiro atoms. The van der Waals surface area contributed by atoms with E-state index in [1.165, 1.54) is 0 Å². The average Bonchev–Trinajstić information content (AvgIpc) is 2.81. The number of carbonyl (C=O) groups is 2. The number of aryl methyl sites for hydroxylation is 2. The van der Waals surface area contributed by atoms with Gasteiger partial charge in [-0.05, 0) is 13.0 Å². The lowest BCUT2D eigenvalue weighted by molar-refractivity contribution is -0.130. The standard InChI is InChI=1S/C15H19N5O2/c1-10-13-8-12(9-16-14(13)18(3)17-10)15(22)20-6-4-19(5-7-20)11(2)21/h8-9H,4-7H2,1-3H3. The highest BCUT2D eigenvalue weighted by molar-refractivity contribution is 5.97. The van der Waals surface area contributed by atoms with Crippen molar-refractivity contribution in [3.05, 3.63) is 23.5 Å². The molecule has 1 saturated heterocycles. The van der Waals surface area contributed by atoms with Gasteiger partial charge in [0, 0.05) is 51.7 Å². The molecule has 0 bridgehead atoms. The second-order valence-corrected chi connectivity index (χ2v) is 5.60. The molecule has 0 atom stereocenters. The Kier molecular flexibility index (Phi) is 3.56. The summed E-state index contributed by atoms with van der Waals surface area (Å²) in [5, 5.41) is 5.22. The number of nitrogens with zero attached hydrogens (tertiary/aromatic N) is 5. The number of aromatic nitrogens is 3. The molecule has 2 aromatic heterocycles. The summed E-state index contributed by atoms with van der Waals surface area (Å²) in [6.45, 7) is 5.75. The predicted octanol–water partition coefficient (Wildman–Crippen LogP) is 0.581. The maximum Gasteiger partial charge on any atom is 0.255 e. The fraction of sp³-hybridized carbons (Fsp3) is 0.467. The van der Waals surface area contributed by atoms with Crippen LogP contribution >= 0.6 is 0 Å². The van der Waals surface area contributed by atoms with E-state index >= 15 is 0 Å². The lowest BCUT2D eigenvalue weighted by Gasteiger charge is -2.34. The summed E-state index contributed by atoms with van der Waals surface area (Å²) in [6.07, 6.45) is 1.60. The van der Waals surface area contributed by atoms with Crippen molar-refractivity contribution in [3.63, 3.8) is 0 Å². The number of piperazine rings is 1. The van der Waals surface area contributed by atoms with E-state index in [1.54, 1.807) is 27.6 Å². The molecule has 0 unspecified atom stereocenters. The van der Waals surface area contributed by atoms with Crippen LogP contribution in [0.4, 0.5) is 0 Å². The summed E-state index contributed by atoms with van der Waals surface area (Å²) < 4.78 is 1.71. The Bertz CT molecular complexity index is 744. The lowest BCUT2D eigenvalue weighted by atomic mass is 10.1. The molecule has 116 valence electrons. The molecule has 2 amide bonds. The number of amides is 2. The van der Waals surface area contributed by atoms with Gasteiger partial charge in [0.05, 0.1) is 11.3 Å². The van der Waals surface area contributed by atoms with E-state index in [0.29, 0.717) is 31.7 Å². The molecule has 2 aromatic rings. The van der Waals surface area contributed by atoms with Crippen LogP contribution in [0.25, 0.3) is 11.0 Å². The van der Waals surface area contributed by atoms with Crippen molar-refractivity contribution >= 4 is 22.8 Å². The minimum Gasteiger partial charge on any atom is -0.339 e. The second-order valence-electron chi connectivity index (χ2n) is 5.60. The number of rotatable bonds is 1. The first-order valence-corrected chi connectivity index (χ1v) is 7.31. The van der Waals surface area contributed by atoms with E-state index in [9.17, 15) is 9.59 Å². The number of hydrogen-bond acceptors (Lipinski definition) is 4. The summed E-state index contributed by atoms with van der Waals surface area (Å²) in [4.78, 5) is 31.8. The number of pyridine rings is 1. The molecule has 7 heteroatoms. The Labute approximate surface area is 128 Å². The Balaban J connectivity index is 1.81. The minimum atomic E-state index is -0.0409. The van der Waals surface area contributed by atoms with Gasteiger partial charge >= 0.3 is 0 Å². The van der Waals surface area contributed by atoms with Crippen molar-refractivity contribution in [1.29, 1.82) is 0 Å². The molecule has 3 heterocycles. The summed E-state index contributed by atoms with van der Waals surface area (Å²) in [5.74, 6) is 0.0158. The Morgan fingerprint density at radius 2 is 1.77 bits per heavy atom. The van der Waals surface area contributed by atoms with Gasteiger partial charge < -0.3 is 9.80 Å². The van der Waals surface area contributed by atoms with Crippen molar-refractivity contribution in [2.75, 3.05) is 26.2 Å². The van der Waals surface area contributed by atoms with Gasteiger partial charge in [-0.15, -0.1) is 0 Å². The van der Waals surface area contributed by atoms with Crippen LogP contribution in [0.3, 0.4) is 0 Å². The molecule has 0 radical (unpaired) electrons. The van der Waals surface area contributed by atoms with Crippen LogP contribution in [0.1, 0.15) is 23.0 Å². The third kappa shape index (κ3) is 2.43. The SMILES string of the molecule is CC(=O)N1CCN(C(=O)c2cnc3c(c2)c(C)nn3C)CC1. The summed E-state index contributed by atoms with van der Waals surface area (Å²) in [5.41, 5.74) is 2.20. The topological polar surface area (TPSA) is 71.3 Å². The molecule has 0 aromatic carbocycles. The first-order chi connectivity index (χ1) is 10.5. The molecular weight excluding hydrogens is 282 g/mol. The molecule has 3 rings (SSSR count). The van der Waals surface area contributed by atoms with Crippen molar-refractivity contribution < 1.29 is 9.59 Å². The van der Waals surface area contributed by atoms with Gasteiger partial charge in [0.1, 0.15) is 0 Å². The van der Waals surface area contributed by atoms with Gasteiger partial charge in [0.2, 0.25) is 5.91 Å². The van der Waals surface area contributed by atoms with E-state index < -0.39 is 0 Å². The third-order valence-corrected chi connectivity index (χ3v) is 4.12. The van der Waals surface area contributed by atoms with Crippen molar-refractivity contribution in [2.45, 2.75) is 13.8 Å². The van der Waals surface area contributed by atoms with E-state index in [1.807, 2.05) is 20.0 Å². The number of fused-ring (bicyclic) bond motifs is 1. The zero-order chi connectivity index (χ0) is 15.9. The monoisotopic (exact) mass is 301 g/mol. The Morgan fingerprint density at radius 1 is 1.14 bits per heavy atom. The van der Waals surface area contributed by atoms with E-state index in [4.69, 9.17) is 0 Å². The normalized spacial score (nSPS) is 15.4. The van der Waals surface area contributed by atoms with E-state index in [-0.39, 0.29) is 11.8 Å². The predicted molar refractivity (Wildman–Crippen MR) is 81.4 cm³/mol. The smallest absolute Gasteiger partial charge is 0.255 e. The zero-order valence-corrected chi connectivity index (χ0v) is 13.0. The van der Waals surface area contributed by atoms with Gasteiger partial charge in [-0.25, -0.2) is 4.98 Å². The van der Waals surface area contributed by atoms with Gasteiger partial charge in [-0.2, -0.15) is 5.10 Å². The molecule has 1 fully saturated rings. The highest BCUT2D eigenvalue weighted by Crippen LogP contribution is 2.18. The van der Waals surface area contributed by atoms with Gasteiger partial charge in [0.15, 0.2) is 5.65 Å². The average molecular weight is 301 g/mol. The third-order valence-electron chi connectivity index (χ3n) is 4.12. The molecule has 1 aliphatic heterocycles. The molecule has 7 nitrogen and oxygen atoms in total. The van der Waals surface area contributed by atoms with Crippen molar-refractivity contribution in [1.82, 2.24) is 24.6 Å². The van der Waals surface area contributed by atoms with Crippen LogP contribution < -0.4 is 0 Å². The molecular formula is C15H19N5O2. The van der Waals surface area contributed by atoms with Gasteiger partial charge in [0.25, 0.3) is 5.91 Å². The molecule has 0 N–H and O–H groups in total. The first-order valence-electron chi connectivity index (χ1n) is 7.31. The second kappa shape index (κ2) is 5.40. The summed E-state index contributed by atoms with van der Waals surface area (Å²) >= 11 is 0. The van der Waals surface area contributed by atoms with Crippen LogP contribution in [-0.2, 0) is 11.8 Å².